The maximum atomic E-state index is 11.0. The second-order valence-corrected chi connectivity index (χ2v) is 6.34. The lowest BCUT2D eigenvalue weighted by atomic mass is 9.88. The molecule has 7 heteroatoms. The van der Waals surface area contributed by atoms with Gasteiger partial charge in [-0.15, -0.1) is 5.10 Å². The molecule has 6 nitrogen and oxygen atoms in total. The van der Waals surface area contributed by atoms with E-state index < -0.39 is 11.4 Å². The van der Waals surface area contributed by atoms with Crippen LogP contribution in [-0.2, 0) is 4.79 Å². The Bertz CT molecular complexity index is 428. The summed E-state index contributed by atoms with van der Waals surface area (Å²) in [7, 11) is 0. The first-order valence-corrected chi connectivity index (χ1v) is 7.13. The molecular weight excluding hydrogens is 252 g/mol. The number of thioether (sulfide) groups is 1. The molecule has 1 N–H and O–H groups in total. The lowest BCUT2D eigenvalue weighted by Crippen LogP contribution is -2.23. The number of carboxylic acid groups (broad SMARTS) is 1. The Morgan fingerprint density at radius 3 is 2.89 bits per heavy atom. The van der Waals surface area contributed by atoms with E-state index in [1.54, 1.807) is 25.6 Å². The Morgan fingerprint density at radius 2 is 2.28 bits per heavy atom. The standard InChI is InChI=1S/C11H18N4O2S/c1-11(2,9(16)17)6-3-7-18-10-12-13-14-15(10)8-4-5-8/h8H,3-7H2,1-2H3,(H,16,17). The molecule has 0 atom stereocenters. The van der Waals surface area contributed by atoms with Crippen molar-refractivity contribution in [2.45, 2.75) is 50.7 Å². The highest BCUT2D eigenvalue weighted by molar-refractivity contribution is 7.99. The average Bonchev–Trinajstić information content (AvgIpc) is 3.04. The van der Waals surface area contributed by atoms with Gasteiger partial charge in [0.05, 0.1) is 11.5 Å². The van der Waals surface area contributed by atoms with Gasteiger partial charge in [0, 0.05) is 5.75 Å². The van der Waals surface area contributed by atoms with Gasteiger partial charge < -0.3 is 5.11 Å². The average molecular weight is 270 g/mol. The van der Waals surface area contributed by atoms with E-state index in [1.807, 2.05) is 4.68 Å². The van der Waals surface area contributed by atoms with Gasteiger partial charge in [-0.3, -0.25) is 4.79 Å². The fourth-order valence-electron chi connectivity index (χ4n) is 1.61. The predicted molar refractivity (Wildman–Crippen MR) is 67.5 cm³/mol. The molecule has 0 amide bonds. The van der Waals surface area contributed by atoms with Crippen molar-refractivity contribution in [1.29, 1.82) is 0 Å². The second kappa shape index (κ2) is 5.26. The van der Waals surface area contributed by atoms with Gasteiger partial charge in [0.25, 0.3) is 0 Å². The van der Waals surface area contributed by atoms with E-state index >= 15 is 0 Å². The molecule has 1 fully saturated rings. The van der Waals surface area contributed by atoms with Crippen LogP contribution in [0.5, 0.6) is 0 Å². The predicted octanol–water partition coefficient (Wildman–Crippen LogP) is 1.99. The van der Waals surface area contributed by atoms with Crippen LogP contribution in [0.3, 0.4) is 0 Å². The van der Waals surface area contributed by atoms with Crippen molar-refractivity contribution >= 4 is 17.7 Å². The minimum atomic E-state index is -0.740. The zero-order valence-corrected chi connectivity index (χ0v) is 11.5. The van der Waals surface area contributed by atoms with Crippen LogP contribution in [0, 0.1) is 5.41 Å². The molecule has 100 valence electrons. The molecule has 0 bridgehead atoms. The van der Waals surface area contributed by atoms with Crippen molar-refractivity contribution in [2.75, 3.05) is 5.75 Å². The highest BCUT2D eigenvalue weighted by atomic mass is 32.2. The number of hydrogen-bond donors (Lipinski definition) is 1. The molecule has 1 aromatic heterocycles. The second-order valence-electron chi connectivity index (χ2n) is 5.28. The smallest absolute Gasteiger partial charge is 0.309 e. The van der Waals surface area contributed by atoms with Crippen molar-refractivity contribution in [3.8, 4) is 0 Å². The minimum Gasteiger partial charge on any atom is -0.481 e. The fourth-order valence-corrected chi connectivity index (χ4v) is 2.50. The van der Waals surface area contributed by atoms with E-state index in [2.05, 4.69) is 15.5 Å². The van der Waals surface area contributed by atoms with Crippen LogP contribution in [0.4, 0.5) is 0 Å². The molecule has 0 aromatic carbocycles. The molecule has 2 rings (SSSR count). The van der Waals surface area contributed by atoms with Gasteiger partial charge in [-0.2, -0.15) is 0 Å². The maximum absolute atomic E-state index is 11.0. The number of nitrogens with zero attached hydrogens (tertiary/aromatic N) is 4. The Morgan fingerprint density at radius 1 is 1.56 bits per heavy atom. The summed E-state index contributed by atoms with van der Waals surface area (Å²) in [5.74, 6) is 0.111. The Balaban J connectivity index is 1.75. The zero-order chi connectivity index (χ0) is 13.2. The Labute approximate surface area is 110 Å². The molecule has 0 aliphatic heterocycles. The third-order valence-corrected chi connectivity index (χ3v) is 4.13. The van der Waals surface area contributed by atoms with Gasteiger partial charge in [0.2, 0.25) is 5.16 Å². The molecule has 1 saturated carbocycles. The molecule has 1 heterocycles. The van der Waals surface area contributed by atoms with Gasteiger partial charge in [0.15, 0.2) is 0 Å². The quantitative estimate of drug-likeness (QED) is 0.603. The molecule has 18 heavy (non-hydrogen) atoms. The van der Waals surface area contributed by atoms with Gasteiger partial charge >= 0.3 is 5.97 Å². The number of hydrogen-bond acceptors (Lipinski definition) is 5. The van der Waals surface area contributed by atoms with Crippen LogP contribution in [-0.4, -0.2) is 37.0 Å². The van der Waals surface area contributed by atoms with E-state index in [1.165, 1.54) is 0 Å². The van der Waals surface area contributed by atoms with E-state index in [0.717, 1.165) is 30.2 Å². The van der Waals surface area contributed by atoms with Crippen LogP contribution in [0.25, 0.3) is 0 Å². The lowest BCUT2D eigenvalue weighted by molar-refractivity contribution is -0.147. The number of carboxylic acids is 1. The van der Waals surface area contributed by atoms with Gasteiger partial charge in [0.1, 0.15) is 0 Å². The Hall–Kier alpha value is -1.11. The van der Waals surface area contributed by atoms with E-state index in [9.17, 15) is 4.79 Å². The summed E-state index contributed by atoms with van der Waals surface area (Å²) in [6, 6.07) is 0.484. The summed E-state index contributed by atoms with van der Waals surface area (Å²) < 4.78 is 1.88. The molecule has 1 aliphatic carbocycles. The summed E-state index contributed by atoms with van der Waals surface area (Å²) in [5.41, 5.74) is -0.650. The van der Waals surface area contributed by atoms with Crippen LogP contribution in [0.2, 0.25) is 0 Å². The van der Waals surface area contributed by atoms with E-state index in [0.29, 0.717) is 12.5 Å². The molecule has 0 spiro atoms. The number of carbonyl (C=O) groups is 1. The maximum Gasteiger partial charge on any atom is 0.309 e. The van der Waals surface area contributed by atoms with Crippen molar-refractivity contribution in [2.24, 2.45) is 5.41 Å². The molecule has 0 unspecified atom stereocenters. The van der Waals surface area contributed by atoms with E-state index in [4.69, 9.17) is 5.11 Å². The summed E-state index contributed by atoms with van der Waals surface area (Å²) in [6.07, 6.45) is 3.83. The molecular formula is C11H18N4O2S. The highest BCUT2D eigenvalue weighted by Crippen LogP contribution is 2.36. The van der Waals surface area contributed by atoms with Crippen molar-refractivity contribution in [3.63, 3.8) is 0 Å². The summed E-state index contributed by atoms with van der Waals surface area (Å²) in [5, 5.41) is 21.5. The largest absolute Gasteiger partial charge is 0.481 e. The molecule has 1 aliphatic rings. The summed E-state index contributed by atoms with van der Waals surface area (Å²) >= 11 is 1.61. The topological polar surface area (TPSA) is 80.9 Å². The summed E-state index contributed by atoms with van der Waals surface area (Å²) in [4.78, 5) is 11.0. The first-order valence-electron chi connectivity index (χ1n) is 6.15. The van der Waals surface area contributed by atoms with Crippen molar-refractivity contribution in [3.05, 3.63) is 0 Å². The molecule has 1 aromatic rings. The summed E-state index contributed by atoms with van der Waals surface area (Å²) in [6.45, 7) is 3.52. The van der Waals surface area contributed by atoms with Crippen molar-refractivity contribution in [1.82, 2.24) is 20.2 Å². The fraction of sp³-hybridized carbons (Fsp3) is 0.818. The highest BCUT2D eigenvalue weighted by Gasteiger charge is 2.28. The van der Waals surface area contributed by atoms with Crippen LogP contribution in [0.15, 0.2) is 5.16 Å². The third-order valence-electron chi connectivity index (χ3n) is 3.11. The monoisotopic (exact) mass is 270 g/mol. The number of aliphatic carboxylic acids is 1. The lowest BCUT2D eigenvalue weighted by Gasteiger charge is -2.18. The Kier molecular flexibility index (Phi) is 3.89. The third kappa shape index (κ3) is 3.22. The first kappa shape index (κ1) is 13.3. The van der Waals surface area contributed by atoms with Gasteiger partial charge in [-0.1, -0.05) is 11.8 Å². The van der Waals surface area contributed by atoms with Crippen LogP contribution >= 0.6 is 11.8 Å². The van der Waals surface area contributed by atoms with Gasteiger partial charge in [-0.25, -0.2) is 4.68 Å². The molecule has 0 radical (unpaired) electrons. The normalized spacial score (nSPS) is 15.9. The zero-order valence-electron chi connectivity index (χ0n) is 10.7. The van der Waals surface area contributed by atoms with Crippen molar-refractivity contribution < 1.29 is 9.90 Å². The van der Waals surface area contributed by atoms with E-state index in [-0.39, 0.29) is 0 Å². The SMILES string of the molecule is CC(C)(CCCSc1nnnn1C1CC1)C(=O)O. The minimum absolute atomic E-state index is 0.484. The molecule has 0 saturated heterocycles. The number of tetrazole rings is 1. The number of rotatable bonds is 7. The van der Waals surface area contributed by atoms with Crippen LogP contribution < -0.4 is 0 Å². The number of aromatic nitrogens is 4. The van der Waals surface area contributed by atoms with Crippen LogP contribution in [0.1, 0.15) is 45.6 Å². The van der Waals surface area contributed by atoms with Gasteiger partial charge in [-0.05, 0) is 50.0 Å². The first-order chi connectivity index (χ1) is 8.50.